The molecule has 30 heavy (non-hydrogen) atoms. The maximum atomic E-state index is 9.67. The van der Waals surface area contributed by atoms with Crippen molar-refractivity contribution >= 4 is 27.9 Å². The molecule has 0 saturated carbocycles. The predicted molar refractivity (Wildman–Crippen MR) is 117 cm³/mol. The summed E-state index contributed by atoms with van der Waals surface area (Å²) >= 11 is 1.40. The molecule has 3 N–H and O–H groups in total. The summed E-state index contributed by atoms with van der Waals surface area (Å²) in [6.45, 7) is 4.69. The molecular weight excluding hydrogens is 400 g/mol. The van der Waals surface area contributed by atoms with Crippen LogP contribution in [-0.2, 0) is 7.05 Å². The van der Waals surface area contributed by atoms with E-state index in [4.69, 9.17) is 4.99 Å². The van der Waals surface area contributed by atoms with Crippen molar-refractivity contribution < 1.29 is 5.11 Å². The van der Waals surface area contributed by atoms with E-state index in [0.717, 1.165) is 65.2 Å². The zero-order chi connectivity index (χ0) is 20.7. The second-order valence-electron chi connectivity index (χ2n) is 7.97. The van der Waals surface area contributed by atoms with E-state index < -0.39 is 0 Å². The van der Waals surface area contributed by atoms with Crippen molar-refractivity contribution in [2.24, 2.45) is 18.0 Å². The van der Waals surface area contributed by atoms with Crippen molar-refractivity contribution in [1.82, 2.24) is 34.8 Å². The Bertz CT molecular complexity index is 1040. The molecule has 1 unspecified atom stereocenters. The first kappa shape index (κ1) is 19.3. The highest BCUT2D eigenvalue weighted by atomic mass is 32.1. The number of hydrogen-bond donors (Lipinski definition) is 3. The van der Waals surface area contributed by atoms with Crippen LogP contribution >= 0.6 is 11.5 Å². The van der Waals surface area contributed by atoms with Crippen LogP contribution in [0.4, 0.5) is 5.00 Å². The van der Waals surface area contributed by atoms with E-state index in [9.17, 15) is 5.11 Å². The molecule has 5 heterocycles. The van der Waals surface area contributed by atoms with Crippen LogP contribution in [0.2, 0.25) is 0 Å². The van der Waals surface area contributed by atoms with E-state index in [1.54, 1.807) is 0 Å². The van der Waals surface area contributed by atoms with Gasteiger partial charge >= 0.3 is 0 Å². The fraction of sp³-hybridized carbons (Fsp3) is 0.450. The van der Waals surface area contributed by atoms with Crippen LogP contribution < -0.4 is 10.7 Å². The van der Waals surface area contributed by atoms with Gasteiger partial charge in [-0.15, -0.1) is 0 Å². The van der Waals surface area contributed by atoms with Gasteiger partial charge < -0.3 is 15.3 Å². The van der Waals surface area contributed by atoms with Crippen LogP contribution in [0.15, 0.2) is 41.2 Å². The van der Waals surface area contributed by atoms with Gasteiger partial charge in [0.15, 0.2) is 5.84 Å². The number of hydrogen-bond acceptors (Lipinski definition) is 8. The summed E-state index contributed by atoms with van der Waals surface area (Å²) in [5, 5.41) is 20.5. The Kier molecular flexibility index (Phi) is 5.05. The van der Waals surface area contributed by atoms with Crippen molar-refractivity contribution in [2.45, 2.75) is 19.8 Å². The quantitative estimate of drug-likeness (QED) is 0.683. The first-order valence-corrected chi connectivity index (χ1v) is 11.0. The number of aliphatic hydroxyl groups excluding tert-OH is 1. The molecular formula is C20H26N8OS. The lowest BCUT2D eigenvalue weighted by Crippen LogP contribution is -2.49. The molecule has 9 nitrogen and oxygen atoms in total. The van der Waals surface area contributed by atoms with Crippen LogP contribution in [0.25, 0.3) is 5.57 Å². The third-order valence-electron chi connectivity index (χ3n) is 5.68. The summed E-state index contributed by atoms with van der Waals surface area (Å²) in [7, 11) is 1.93. The maximum Gasteiger partial charge on any atom is 0.154 e. The molecule has 1 saturated heterocycles. The van der Waals surface area contributed by atoms with E-state index in [0.29, 0.717) is 12.5 Å². The number of rotatable bonds is 4. The van der Waals surface area contributed by atoms with E-state index in [1.165, 1.54) is 11.5 Å². The first-order valence-electron chi connectivity index (χ1n) is 10.2. The smallest absolute Gasteiger partial charge is 0.154 e. The Morgan fingerprint density at radius 2 is 2.30 bits per heavy atom. The summed E-state index contributed by atoms with van der Waals surface area (Å²) in [5.41, 5.74) is 6.65. The lowest BCUT2D eigenvalue weighted by Gasteiger charge is -2.39. The van der Waals surface area contributed by atoms with Crippen molar-refractivity contribution in [2.75, 3.05) is 26.2 Å². The van der Waals surface area contributed by atoms with Gasteiger partial charge in [-0.1, -0.05) is 0 Å². The number of amidine groups is 1. The number of hydrazine groups is 1. The first-order chi connectivity index (χ1) is 14.6. The van der Waals surface area contributed by atoms with E-state index in [1.807, 2.05) is 42.1 Å². The summed E-state index contributed by atoms with van der Waals surface area (Å²) in [5.74, 6) is 3.13. The average Bonchev–Trinajstić information content (AvgIpc) is 3.47. The molecule has 0 radical (unpaired) electrons. The molecule has 2 aromatic heterocycles. The van der Waals surface area contributed by atoms with Gasteiger partial charge in [-0.05, 0) is 43.3 Å². The number of aryl methyl sites for hydroxylation is 2. The maximum absolute atomic E-state index is 9.67. The fourth-order valence-electron chi connectivity index (χ4n) is 4.14. The Balaban J connectivity index is 1.55. The Labute approximate surface area is 179 Å². The van der Waals surface area contributed by atoms with Crippen molar-refractivity contribution in [3.8, 4) is 0 Å². The van der Waals surface area contributed by atoms with Crippen LogP contribution in [0.3, 0.4) is 0 Å². The van der Waals surface area contributed by atoms with Crippen LogP contribution in [0, 0.1) is 12.8 Å². The van der Waals surface area contributed by atoms with Gasteiger partial charge in [0.2, 0.25) is 0 Å². The number of aromatic nitrogens is 3. The number of nitrogens with one attached hydrogen (secondary N) is 2. The Morgan fingerprint density at radius 3 is 3.03 bits per heavy atom. The molecule has 1 atom stereocenters. The third-order valence-corrected chi connectivity index (χ3v) is 6.45. The number of nitrogens with zero attached hydrogens (tertiary/aromatic N) is 6. The van der Waals surface area contributed by atoms with E-state index >= 15 is 0 Å². The van der Waals surface area contributed by atoms with Crippen molar-refractivity contribution in [3.63, 3.8) is 0 Å². The SMILES string of the molecule is Cc1cc(N=C2C=C(N3CCCC(CO)C3)NC3=C(c4cnn(C)c4)CNN23)sn1. The summed E-state index contributed by atoms with van der Waals surface area (Å²) in [6.07, 6.45) is 8.13. The second-order valence-corrected chi connectivity index (χ2v) is 8.75. The highest BCUT2D eigenvalue weighted by Crippen LogP contribution is 2.31. The lowest BCUT2D eigenvalue weighted by molar-refractivity contribution is 0.137. The van der Waals surface area contributed by atoms with Crippen LogP contribution in [0.5, 0.6) is 0 Å². The highest BCUT2D eigenvalue weighted by molar-refractivity contribution is 7.09. The zero-order valence-electron chi connectivity index (χ0n) is 17.2. The minimum Gasteiger partial charge on any atom is -0.396 e. The van der Waals surface area contributed by atoms with Gasteiger partial charge in [-0.3, -0.25) is 4.68 Å². The molecule has 5 rings (SSSR count). The number of piperidine rings is 1. The number of aliphatic hydroxyl groups is 1. The van der Waals surface area contributed by atoms with E-state index in [2.05, 4.69) is 31.2 Å². The molecule has 0 aromatic carbocycles. The van der Waals surface area contributed by atoms with Gasteiger partial charge in [0.1, 0.15) is 16.6 Å². The highest BCUT2D eigenvalue weighted by Gasteiger charge is 2.33. The largest absolute Gasteiger partial charge is 0.396 e. The fourth-order valence-corrected chi connectivity index (χ4v) is 4.79. The molecule has 158 valence electrons. The van der Waals surface area contributed by atoms with Crippen molar-refractivity contribution in [1.29, 1.82) is 0 Å². The number of fused-ring (bicyclic) bond motifs is 1. The van der Waals surface area contributed by atoms with Gasteiger partial charge in [0, 0.05) is 56.7 Å². The molecule has 10 heteroatoms. The minimum atomic E-state index is 0.224. The monoisotopic (exact) mass is 426 g/mol. The van der Waals surface area contributed by atoms with Crippen LogP contribution in [-0.4, -0.2) is 61.2 Å². The summed E-state index contributed by atoms with van der Waals surface area (Å²) in [6, 6.07) is 2.00. The minimum absolute atomic E-state index is 0.224. The topological polar surface area (TPSA) is 93.8 Å². The van der Waals surface area contributed by atoms with Crippen molar-refractivity contribution in [3.05, 3.63) is 47.4 Å². The third kappa shape index (κ3) is 3.62. The van der Waals surface area contributed by atoms with E-state index in [-0.39, 0.29) is 6.61 Å². The van der Waals surface area contributed by atoms with Gasteiger partial charge in [-0.2, -0.15) is 9.47 Å². The number of likely N-dealkylation sites (tertiary alicyclic amines) is 1. The number of aliphatic imine (C=N–C) groups is 1. The zero-order valence-corrected chi connectivity index (χ0v) is 18.0. The molecule has 2 aromatic rings. The van der Waals surface area contributed by atoms with Gasteiger partial charge in [0.05, 0.1) is 11.9 Å². The molecule has 3 aliphatic heterocycles. The normalized spacial score (nSPS) is 23.1. The average molecular weight is 427 g/mol. The standard InChI is InChI=1S/C20H26N8OS/c1-13-6-19(30-25-13)23-18-7-17(27-5-3-4-14(10-27)12-29)24-20-16(9-22-28(18)20)15-8-21-26(2)11-15/h6-8,11,14,22,24,29H,3-5,9-10,12H2,1-2H3. The lowest BCUT2D eigenvalue weighted by atomic mass is 9.99. The molecule has 3 aliphatic rings. The van der Waals surface area contributed by atoms with Gasteiger partial charge in [-0.25, -0.2) is 15.4 Å². The summed E-state index contributed by atoms with van der Waals surface area (Å²) < 4.78 is 6.18. The summed E-state index contributed by atoms with van der Waals surface area (Å²) in [4.78, 5) is 7.21. The predicted octanol–water partition coefficient (Wildman–Crippen LogP) is 1.55. The molecule has 0 aliphatic carbocycles. The molecule has 1 fully saturated rings. The molecule has 0 spiro atoms. The second kappa shape index (κ2) is 7.86. The Hall–Kier alpha value is -2.69. The Morgan fingerprint density at radius 1 is 1.40 bits per heavy atom. The molecule has 0 amide bonds. The molecule has 0 bridgehead atoms. The van der Waals surface area contributed by atoms with Crippen LogP contribution in [0.1, 0.15) is 24.1 Å². The van der Waals surface area contributed by atoms with Gasteiger partial charge in [0.25, 0.3) is 0 Å².